The number of carboxylic acid groups (broad SMARTS) is 1. The highest BCUT2D eigenvalue weighted by Crippen LogP contribution is 2.01. The second-order valence-corrected chi connectivity index (χ2v) is 5.89. The van der Waals surface area contributed by atoms with E-state index in [1.54, 1.807) is 0 Å². The third-order valence-corrected chi connectivity index (χ3v) is 3.76. The Morgan fingerprint density at radius 3 is 2.19 bits per heavy atom. The number of amides is 3. The summed E-state index contributed by atoms with van der Waals surface area (Å²) in [5, 5.41) is 22.1. The molecule has 12 nitrogen and oxygen atoms in total. The number of aliphatic carboxylic acids is 1. The number of aliphatic hydroxyl groups excluding tert-OH is 1. The van der Waals surface area contributed by atoms with Crippen LogP contribution in [0, 0.1) is 5.92 Å². The fourth-order valence-electron chi connectivity index (χ4n) is 1.62. The minimum atomic E-state index is -1.51. The molecule has 0 aromatic heterocycles. The van der Waals surface area contributed by atoms with E-state index in [1.165, 1.54) is 13.8 Å². The van der Waals surface area contributed by atoms with Crippen molar-refractivity contribution in [2.45, 2.75) is 32.0 Å². The van der Waals surface area contributed by atoms with Crippen LogP contribution in [0.5, 0.6) is 0 Å². The van der Waals surface area contributed by atoms with Crippen LogP contribution in [0.25, 0.3) is 0 Å². The van der Waals surface area contributed by atoms with Crippen molar-refractivity contribution in [2.75, 3.05) is 13.2 Å². The Hall–Kier alpha value is -2.35. The molecular formula is C13H24N6O6S. The first kappa shape index (κ1) is 23.6. The van der Waals surface area contributed by atoms with Crippen LogP contribution in [0.3, 0.4) is 0 Å². The molecule has 148 valence electrons. The van der Waals surface area contributed by atoms with Crippen molar-refractivity contribution in [3.05, 3.63) is 0 Å². The van der Waals surface area contributed by atoms with Gasteiger partial charge in [0.25, 0.3) is 0 Å². The lowest BCUT2D eigenvalue weighted by molar-refractivity contribution is -0.140. The van der Waals surface area contributed by atoms with Crippen LogP contribution in [-0.4, -0.2) is 70.2 Å². The fraction of sp³-hybridized carbons (Fsp3) is 0.615. The first-order valence-corrected chi connectivity index (χ1v) is 7.90. The fourth-order valence-corrected chi connectivity index (χ4v) is 1.85. The van der Waals surface area contributed by atoms with Gasteiger partial charge in [-0.3, -0.25) is 9.59 Å². The van der Waals surface area contributed by atoms with Gasteiger partial charge in [-0.2, -0.15) is 0 Å². The standard InChI is InChI=1S/C13H24N6O6S/c1-5(10(15)22)7(3-16-19-11(26)9(14)6(2)21)17-13(25)18-8(4-20)12(23)24/h5,7-9,16,20H,3-4,14H2,1-2H3,(H2,15,22)(H,19,26)(H,23,24)(H2,17,18,25). The second-order valence-electron chi connectivity index (χ2n) is 5.45. The van der Waals surface area contributed by atoms with Crippen LogP contribution >= 0.6 is 12.2 Å². The van der Waals surface area contributed by atoms with E-state index in [-0.39, 0.29) is 17.3 Å². The lowest BCUT2D eigenvalue weighted by Gasteiger charge is -2.25. The first-order valence-electron chi connectivity index (χ1n) is 7.50. The van der Waals surface area contributed by atoms with Gasteiger partial charge in [0.1, 0.15) is 11.0 Å². The normalized spacial score (nSPS) is 15.1. The topological polar surface area (TPSA) is 209 Å². The maximum absolute atomic E-state index is 11.9. The number of Topliss-reactive ketones (excluding diaryl/α,β-unsaturated/α-hetero) is 1. The van der Waals surface area contributed by atoms with Crippen molar-refractivity contribution < 1.29 is 29.4 Å². The minimum Gasteiger partial charge on any atom is -0.480 e. The van der Waals surface area contributed by atoms with E-state index in [0.29, 0.717) is 0 Å². The Morgan fingerprint density at radius 2 is 1.77 bits per heavy atom. The molecule has 4 atom stereocenters. The van der Waals surface area contributed by atoms with Gasteiger partial charge < -0.3 is 37.7 Å². The van der Waals surface area contributed by atoms with E-state index in [4.69, 9.17) is 33.9 Å². The van der Waals surface area contributed by atoms with Crippen LogP contribution in [0.1, 0.15) is 13.8 Å². The Morgan fingerprint density at radius 1 is 1.19 bits per heavy atom. The van der Waals surface area contributed by atoms with E-state index in [1.807, 2.05) is 5.32 Å². The zero-order valence-electron chi connectivity index (χ0n) is 14.3. The number of urea groups is 1. The van der Waals surface area contributed by atoms with Crippen molar-refractivity contribution in [3.63, 3.8) is 0 Å². The molecule has 10 N–H and O–H groups in total. The molecule has 0 aromatic rings. The summed E-state index contributed by atoms with van der Waals surface area (Å²) in [4.78, 5) is 45.2. The Labute approximate surface area is 155 Å². The maximum atomic E-state index is 11.9. The van der Waals surface area contributed by atoms with E-state index in [9.17, 15) is 19.2 Å². The summed E-state index contributed by atoms with van der Waals surface area (Å²) in [6, 6.07) is -4.30. The predicted molar refractivity (Wildman–Crippen MR) is 94.7 cm³/mol. The number of thiocarbonyl (C=S) groups is 1. The Balaban J connectivity index is 4.79. The SMILES string of the molecule is CC(=O)C(N)C(=S)NNCC(NC(=O)NC(CO)C(=O)O)C(C)C(N)=O. The molecule has 4 unspecified atom stereocenters. The predicted octanol–water partition coefficient (Wildman–Crippen LogP) is -3.44. The van der Waals surface area contributed by atoms with Gasteiger partial charge in [-0.1, -0.05) is 19.1 Å². The molecule has 3 amide bonds. The van der Waals surface area contributed by atoms with Crippen molar-refractivity contribution >= 4 is 40.9 Å². The summed E-state index contributed by atoms with van der Waals surface area (Å²) in [5.74, 6) is -3.32. The third-order valence-electron chi connectivity index (χ3n) is 3.41. The lowest BCUT2D eigenvalue weighted by atomic mass is 10.0. The lowest BCUT2D eigenvalue weighted by Crippen LogP contribution is -2.58. The Kier molecular flexibility index (Phi) is 10.3. The van der Waals surface area contributed by atoms with Crippen LogP contribution in [0.4, 0.5) is 4.79 Å². The molecule has 0 aliphatic rings. The molecule has 0 spiro atoms. The molecule has 0 rings (SSSR count). The molecule has 0 aliphatic carbocycles. The number of carboxylic acids is 1. The highest BCUT2D eigenvalue weighted by Gasteiger charge is 2.26. The smallest absolute Gasteiger partial charge is 0.328 e. The number of aliphatic hydroxyl groups is 1. The van der Waals surface area contributed by atoms with Crippen LogP contribution in [0.2, 0.25) is 0 Å². The molecule has 0 heterocycles. The molecule has 0 aromatic carbocycles. The highest BCUT2D eigenvalue weighted by atomic mass is 32.1. The first-order chi connectivity index (χ1) is 12.0. The summed E-state index contributed by atoms with van der Waals surface area (Å²) in [5.41, 5.74) is 15.9. The number of hydrogen-bond donors (Lipinski definition) is 8. The van der Waals surface area contributed by atoms with Crippen molar-refractivity contribution in [1.29, 1.82) is 0 Å². The minimum absolute atomic E-state index is 0.0126. The number of primary amides is 1. The number of rotatable bonds is 11. The van der Waals surface area contributed by atoms with Gasteiger partial charge in [0.15, 0.2) is 11.8 Å². The summed E-state index contributed by atoms with van der Waals surface area (Å²) >= 11 is 4.91. The van der Waals surface area contributed by atoms with Gasteiger partial charge >= 0.3 is 12.0 Å². The van der Waals surface area contributed by atoms with Crippen LogP contribution in [-0.2, 0) is 14.4 Å². The van der Waals surface area contributed by atoms with Crippen molar-refractivity contribution in [1.82, 2.24) is 21.5 Å². The zero-order chi connectivity index (χ0) is 20.4. The van der Waals surface area contributed by atoms with E-state index >= 15 is 0 Å². The number of carbonyl (C=O) groups is 4. The van der Waals surface area contributed by atoms with Gasteiger partial charge in [-0.05, 0) is 6.92 Å². The number of hydrazine groups is 1. The monoisotopic (exact) mass is 392 g/mol. The zero-order valence-corrected chi connectivity index (χ0v) is 15.1. The van der Waals surface area contributed by atoms with Gasteiger partial charge in [-0.15, -0.1) is 0 Å². The molecule has 13 heteroatoms. The molecule has 0 saturated heterocycles. The van der Waals surface area contributed by atoms with Gasteiger partial charge in [-0.25, -0.2) is 15.0 Å². The maximum Gasteiger partial charge on any atom is 0.328 e. The van der Waals surface area contributed by atoms with E-state index < -0.39 is 48.6 Å². The average Bonchev–Trinajstić information content (AvgIpc) is 2.56. The Bertz CT molecular complexity index is 559. The van der Waals surface area contributed by atoms with Gasteiger partial charge in [0, 0.05) is 6.54 Å². The quantitative estimate of drug-likeness (QED) is 0.129. The summed E-state index contributed by atoms with van der Waals surface area (Å²) < 4.78 is 0. The number of hydrogen-bond acceptors (Lipinski definition) is 8. The summed E-state index contributed by atoms with van der Waals surface area (Å²) in [7, 11) is 0. The second kappa shape index (κ2) is 11.3. The molecule has 0 radical (unpaired) electrons. The number of nitrogens with one attached hydrogen (secondary N) is 4. The molecule has 0 aliphatic heterocycles. The molecule has 0 bridgehead atoms. The van der Waals surface area contributed by atoms with E-state index in [0.717, 1.165) is 0 Å². The average molecular weight is 392 g/mol. The number of carbonyl (C=O) groups excluding carboxylic acids is 3. The van der Waals surface area contributed by atoms with E-state index in [2.05, 4.69) is 16.2 Å². The molecule has 26 heavy (non-hydrogen) atoms. The number of ketones is 1. The number of nitrogens with two attached hydrogens (primary N) is 2. The summed E-state index contributed by atoms with van der Waals surface area (Å²) in [6.45, 7) is 1.85. The van der Waals surface area contributed by atoms with Crippen molar-refractivity contribution in [3.8, 4) is 0 Å². The third kappa shape index (κ3) is 8.15. The largest absolute Gasteiger partial charge is 0.480 e. The molecular weight excluding hydrogens is 368 g/mol. The van der Waals surface area contributed by atoms with Gasteiger partial charge in [0.05, 0.1) is 18.6 Å². The molecule has 0 saturated carbocycles. The van der Waals surface area contributed by atoms with Crippen LogP contribution in [0.15, 0.2) is 0 Å². The van der Waals surface area contributed by atoms with Gasteiger partial charge in [0.2, 0.25) is 5.91 Å². The van der Waals surface area contributed by atoms with Crippen molar-refractivity contribution in [2.24, 2.45) is 17.4 Å². The summed E-state index contributed by atoms with van der Waals surface area (Å²) in [6.07, 6.45) is 0. The molecule has 0 fully saturated rings. The van der Waals surface area contributed by atoms with Crippen LogP contribution < -0.4 is 33.0 Å². The highest BCUT2D eigenvalue weighted by molar-refractivity contribution is 7.80.